The van der Waals surface area contributed by atoms with E-state index < -0.39 is 19.9 Å². The number of carbonyl (C=O) groups is 1. The number of carbonyl (C=O) groups excluding carboxylic acids is 1. The number of hydrogen-bond donors (Lipinski definition) is 1. The molecule has 1 N–H and O–H groups in total. The Morgan fingerprint density at radius 1 is 1.05 bits per heavy atom. The van der Waals surface area contributed by atoms with Crippen LogP contribution >= 0.6 is 0 Å². The van der Waals surface area contributed by atoms with Crippen LogP contribution in [0.4, 0.5) is 0 Å². The molecular formula is C48H65NO8Si. The normalized spacial score (nSPS) is 22.4. The molecule has 1 aliphatic heterocycles. The maximum atomic E-state index is 12.5. The van der Waals surface area contributed by atoms with E-state index in [1.165, 1.54) is 11.1 Å². The Hall–Kier alpha value is -4.19. The molecule has 0 spiro atoms. The Bertz CT molecular complexity index is 1880. The van der Waals surface area contributed by atoms with Gasteiger partial charge in [0, 0.05) is 17.6 Å². The highest BCUT2D eigenvalue weighted by atomic mass is 28.4. The summed E-state index contributed by atoms with van der Waals surface area (Å²) in [6, 6.07) is 15.9. The Kier molecular flexibility index (Phi) is 15.6. The first kappa shape index (κ1) is 44.9. The number of nitrogens with one attached hydrogen (secondary N) is 1. The van der Waals surface area contributed by atoms with Crippen molar-refractivity contribution in [2.45, 2.75) is 136 Å². The average Bonchev–Trinajstić information content (AvgIpc) is 3.71. The van der Waals surface area contributed by atoms with Crippen molar-refractivity contribution >= 4 is 20.0 Å². The number of hydroxylamine groups is 1. The van der Waals surface area contributed by atoms with E-state index in [1.807, 2.05) is 42.5 Å². The Labute approximate surface area is 348 Å². The molecule has 58 heavy (non-hydrogen) atoms. The maximum absolute atomic E-state index is 12.5. The van der Waals surface area contributed by atoms with E-state index in [0.717, 1.165) is 74.8 Å². The predicted molar refractivity (Wildman–Crippen MR) is 230 cm³/mol. The third kappa shape index (κ3) is 11.1. The lowest BCUT2D eigenvalue weighted by atomic mass is 9.72. The standard InChI is InChI=1S/C48H65NO8Si/c1-11-13-15-20-29-51-44(50)33-52-42-25-21-24-37-30-40-38(31-41(37)42)32-43(55-58(9,10)47(6,7)8)39(40)26-28-48(27-19-14-12-2)46(45(34(3)4)54-56-48)49-57-53-35(5)36-22-17-16-18-23-36/h16-18,21-25,34,38-40,43,49H,5,12,14,19,26-33H2,1-4,6-10H3/t38-,39+,40-,43+,48+/m0/s1. The summed E-state index contributed by atoms with van der Waals surface area (Å²) in [5.41, 5.74) is 6.43. The van der Waals surface area contributed by atoms with Gasteiger partial charge in [0.2, 0.25) is 0 Å². The molecule has 0 radical (unpaired) electrons. The minimum absolute atomic E-state index is 0.0153. The fourth-order valence-corrected chi connectivity index (χ4v) is 9.69. The Morgan fingerprint density at radius 2 is 1.83 bits per heavy atom. The van der Waals surface area contributed by atoms with Gasteiger partial charge in [0.25, 0.3) is 0 Å². The molecule has 0 saturated heterocycles. The molecule has 0 unspecified atom stereocenters. The van der Waals surface area contributed by atoms with Crippen LogP contribution in [-0.2, 0) is 46.5 Å². The predicted octanol–water partition coefficient (Wildman–Crippen LogP) is 10.4. The second-order valence-electron chi connectivity index (χ2n) is 17.8. The van der Waals surface area contributed by atoms with Crippen molar-refractivity contribution in [1.29, 1.82) is 0 Å². The molecule has 0 amide bonds. The summed E-state index contributed by atoms with van der Waals surface area (Å²) in [7, 11) is -2.13. The van der Waals surface area contributed by atoms with Crippen LogP contribution in [0.25, 0.3) is 5.76 Å². The van der Waals surface area contributed by atoms with Crippen LogP contribution in [0.5, 0.6) is 5.75 Å². The van der Waals surface area contributed by atoms with Gasteiger partial charge in [0.05, 0.1) is 0 Å². The lowest BCUT2D eigenvalue weighted by molar-refractivity contribution is -0.316. The SMILES string of the molecule is C=C(OONC1=C(C(C)C)OO[C@]1(CCCCC)CC[C@@H]1[C@H]2Cc3cccc(OCC(=O)OCC#CC#CC)c3C[C@H]2C[C@H]1O[Si](C)(C)C(C)(C)C)c1ccccc1. The smallest absolute Gasteiger partial charge is 0.345 e. The molecule has 0 aromatic heterocycles. The van der Waals surface area contributed by atoms with Crippen molar-refractivity contribution in [2.75, 3.05) is 13.2 Å². The van der Waals surface area contributed by atoms with Gasteiger partial charge in [-0.2, -0.15) is 4.89 Å². The summed E-state index contributed by atoms with van der Waals surface area (Å²) in [6.45, 7) is 23.6. The molecule has 1 heterocycles. The molecule has 5 rings (SSSR count). The van der Waals surface area contributed by atoms with Gasteiger partial charge in [-0.1, -0.05) is 121 Å². The number of benzene rings is 2. The zero-order valence-corrected chi connectivity index (χ0v) is 37.3. The van der Waals surface area contributed by atoms with Crippen molar-refractivity contribution in [2.24, 2.45) is 23.7 Å². The molecule has 2 aliphatic carbocycles. The highest BCUT2D eigenvalue weighted by Crippen LogP contribution is 2.53. The Morgan fingerprint density at radius 3 is 2.53 bits per heavy atom. The van der Waals surface area contributed by atoms with Gasteiger partial charge in [0.15, 0.2) is 38.7 Å². The van der Waals surface area contributed by atoms with E-state index in [9.17, 15) is 4.79 Å². The monoisotopic (exact) mass is 811 g/mol. The molecule has 10 heteroatoms. The zero-order valence-electron chi connectivity index (χ0n) is 36.3. The van der Waals surface area contributed by atoms with E-state index >= 15 is 0 Å². The minimum atomic E-state index is -2.13. The average molecular weight is 812 g/mol. The van der Waals surface area contributed by atoms with Crippen LogP contribution < -0.4 is 10.2 Å². The molecule has 9 nitrogen and oxygen atoms in total. The fourth-order valence-electron chi connectivity index (χ4n) is 8.30. The summed E-state index contributed by atoms with van der Waals surface area (Å²) in [4.78, 5) is 36.5. The second kappa shape index (κ2) is 20.2. The van der Waals surface area contributed by atoms with Crippen LogP contribution in [0.15, 0.2) is 66.6 Å². The number of unbranched alkanes of at least 4 members (excludes halogenated alkanes) is 2. The molecular weight excluding hydrogens is 747 g/mol. The van der Waals surface area contributed by atoms with E-state index in [2.05, 4.69) is 96.4 Å². The zero-order chi connectivity index (χ0) is 41.9. The lowest BCUT2D eigenvalue weighted by Gasteiger charge is -2.41. The highest BCUT2D eigenvalue weighted by Gasteiger charge is 2.52. The molecule has 2 aromatic rings. The van der Waals surface area contributed by atoms with Gasteiger partial charge in [-0.05, 0) is 116 Å². The highest BCUT2D eigenvalue weighted by molar-refractivity contribution is 6.74. The van der Waals surface area contributed by atoms with E-state index in [1.54, 1.807) is 6.92 Å². The van der Waals surface area contributed by atoms with E-state index in [4.69, 9.17) is 33.6 Å². The van der Waals surface area contributed by atoms with Crippen LogP contribution in [0.2, 0.25) is 18.1 Å². The third-order valence-electron chi connectivity index (χ3n) is 12.5. The first-order chi connectivity index (χ1) is 27.7. The van der Waals surface area contributed by atoms with Gasteiger partial charge in [-0.25, -0.2) is 10.3 Å². The van der Waals surface area contributed by atoms with Gasteiger partial charge in [-0.3, -0.25) is 0 Å². The Balaban J connectivity index is 1.39. The summed E-state index contributed by atoms with van der Waals surface area (Å²) < 4.78 is 18.7. The van der Waals surface area contributed by atoms with Gasteiger partial charge in [0.1, 0.15) is 11.4 Å². The van der Waals surface area contributed by atoms with Crippen molar-refractivity contribution in [3.8, 4) is 29.4 Å². The summed E-state index contributed by atoms with van der Waals surface area (Å²) in [5, 5.41) is 0.0652. The van der Waals surface area contributed by atoms with Crippen molar-refractivity contribution in [3.05, 3.63) is 83.3 Å². The number of allylic oxidation sites excluding steroid dienone is 1. The van der Waals surface area contributed by atoms with Crippen LogP contribution in [0, 0.1) is 47.4 Å². The van der Waals surface area contributed by atoms with Crippen LogP contribution in [0.1, 0.15) is 110 Å². The minimum Gasteiger partial charge on any atom is -0.482 e. The number of fused-ring (bicyclic) bond motifs is 2. The summed E-state index contributed by atoms with van der Waals surface area (Å²) >= 11 is 0. The molecule has 3 aliphatic rings. The second-order valence-corrected chi connectivity index (χ2v) is 22.5. The van der Waals surface area contributed by atoms with Crippen LogP contribution in [-0.4, -0.2) is 39.2 Å². The molecule has 1 fully saturated rings. The number of esters is 1. The van der Waals surface area contributed by atoms with Crippen LogP contribution in [0.3, 0.4) is 0 Å². The third-order valence-corrected chi connectivity index (χ3v) is 17.0. The van der Waals surface area contributed by atoms with Crippen molar-refractivity contribution in [1.82, 2.24) is 5.48 Å². The quantitative estimate of drug-likeness (QED) is 0.0283. The maximum Gasteiger partial charge on any atom is 0.345 e. The molecule has 2 aromatic carbocycles. The van der Waals surface area contributed by atoms with Crippen molar-refractivity contribution < 1.29 is 38.3 Å². The largest absolute Gasteiger partial charge is 0.482 e. The first-order valence-electron chi connectivity index (χ1n) is 21.1. The summed E-state index contributed by atoms with van der Waals surface area (Å²) in [5.74, 6) is 13.3. The van der Waals surface area contributed by atoms with Crippen molar-refractivity contribution in [3.63, 3.8) is 0 Å². The van der Waals surface area contributed by atoms with Gasteiger partial charge in [-0.15, -0.1) is 0 Å². The first-order valence-corrected chi connectivity index (χ1v) is 24.0. The topological polar surface area (TPSA) is 93.7 Å². The fraction of sp³-hybridized carbons (Fsp3) is 0.562. The molecule has 0 bridgehead atoms. The number of rotatable bonds is 19. The van der Waals surface area contributed by atoms with Gasteiger partial charge < -0.3 is 23.7 Å². The molecule has 314 valence electrons. The van der Waals surface area contributed by atoms with E-state index in [0.29, 0.717) is 23.4 Å². The molecule has 5 atom stereocenters. The summed E-state index contributed by atoms with van der Waals surface area (Å²) in [6.07, 6.45) is 8.33. The molecule has 1 saturated carbocycles. The van der Waals surface area contributed by atoms with Gasteiger partial charge >= 0.3 is 5.97 Å². The number of ether oxygens (including phenoxy) is 2. The lowest BCUT2D eigenvalue weighted by Crippen LogP contribution is -2.45. The van der Waals surface area contributed by atoms with E-state index in [-0.39, 0.29) is 36.2 Å². The number of hydrogen-bond acceptors (Lipinski definition) is 9.